The standard InChI is InChI=1S/C27H38ClNO/c1-4-22(3)9-6-11-26(5-2)30-20-23-10-7-18-29(19-23)21-27(16-8-17-27)24-12-14-25(28)15-13-24/h5-6,9,11-15,23H,4,7-8,10,16-21H2,1-3H3/b11-6-,22-9?,26-5+. The monoisotopic (exact) mass is 427 g/mol. The van der Waals surface area contributed by atoms with E-state index in [9.17, 15) is 0 Å². The van der Waals surface area contributed by atoms with Gasteiger partial charge in [-0.15, -0.1) is 0 Å². The Labute approximate surface area is 188 Å². The molecule has 1 aliphatic heterocycles. The quantitative estimate of drug-likeness (QED) is 0.302. The summed E-state index contributed by atoms with van der Waals surface area (Å²) in [7, 11) is 0. The van der Waals surface area contributed by atoms with Crippen molar-refractivity contribution in [2.75, 3.05) is 26.2 Å². The SMILES string of the molecule is C/C=C(\C=C/C=C(C)CC)OCC1CCCN(CC2(c3ccc(Cl)cc3)CCC2)C1. The van der Waals surface area contributed by atoms with Crippen LogP contribution in [0.2, 0.25) is 5.02 Å². The minimum atomic E-state index is 0.327. The highest BCUT2D eigenvalue weighted by Gasteiger charge is 2.40. The van der Waals surface area contributed by atoms with Gasteiger partial charge in [-0.05, 0) is 82.3 Å². The third kappa shape index (κ3) is 6.25. The maximum absolute atomic E-state index is 6.17. The van der Waals surface area contributed by atoms with Gasteiger partial charge in [0.1, 0.15) is 5.76 Å². The first-order valence-corrected chi connectivity index (χ1v) is 12.0. The second kappa shape index (κ2) is 11.2. The van der Waals surface area contributed by atoms with Gasteiger partial charge in [-0.25, -0.2) is 0 Å². The average molecular weight is 428 g/mol. The van der Waals surface area contributed by atoms with Crippen molar-refractivity contribution in [3.63, 3.8) is 0 Å². The van der Waals surface area contributed by atoms with Gasteiger partial charge in [0.2, 0.25) is 0 Å². The van der Waals surface area contributed by atoms with Crippen LogP contribution in [0.4, 0.5) is 0 Å². The minimum absolute atomic E-state index is 0.327. The van der Waals surface area contributed by atoms with Gasteiger partial charge in [0.15, 0.2) is 0 Å². The zero-order valence-electron chi connectivity index (χ0n) is 19.0. The predicted octanol–water partition coefficient (Wildman–Crippen LogP) is 7.31. The van der Waals surface area contributed by atoms with Gasteiger partial charge in [0.25, 0.3) is 0 Å². The molecule has 2 aliphatic rings. The Bertz CT molecular complexity index is 758. The summed E-state index contributed by atoms with van der Waals surface area (Å²) in [4.78, 5) is 2.68. The van der Waals surface area contributed by atoms with Crippen LogP contribution in [-0.2, 0) is 10.2 Å². The molecule has 1 aromatic carbocycles. The molecule has 0 aromatic heterocycles. The molecule has 1 saturated heterocycles. The molecule has 2 fully saturated rings. The maximum atomic E-state index is 6.17. The summed E-state index contributed by atoms with van der Waals surface area (Å²) in [5.74, 6) is 1.58. The van der Waals surface area contributed by atoms with Gasteiger partial charge in [0.05, 0.1) is 6.61 Å². The number of benzene rings is 1. The maximum Gasteiger partial charge on any atom is 0.115 e. The van der Waals surface area contributed by atoms with Crippen molar-refractivity contribution in [1.29, 1.82) is 0 Å². The Morgan fingerprint density at radius 3 is 2.63 bits per heavy atom. The van der Waals surface area contributed by atoms with Crippen molar-refractivity contribution in [3.05, 3.63) is 70.5 Å². The molecule has 1 aromatic rings. The molecule has 1 unspecified atom stereocenters. The summed E-state index contributed by atoms with van der Waals surface area (Å²) in [6.07, 6.45) is 16.0. The summed E-state index contributed by atoms with van der Waals surface area (Å²) < 4.78 is 6.17. The summed E-state index contributed by atoms with van der Waals surface area (Å²) in [5.41, 5.74) is 3.18. The van der Waals surface area contributed by atoms with E-state index < -0.39 is 0 Å². The topological polar surface area (TPSA) is 12.5 Å². The zero-order chi connectivity index (χ0) is 21.4. The smallest absolute Gasteiger partial charge is 0.115 e. The van der Waals surface area contributed by atoms with Crippen LogP contribution in [0.5, 0.6) is 0 Å². The third-order valence-electron chi connectivity index (χ3n) is 6.87. The Hall–Kier alpha value is -1.51. The van der Waals surface area contributed by atoms with Crippen molar-refractivity contribution in [2.45, 2.75) is 64.7 Å². The Balaban J connectivity index is 1.53. The van der Waals surface area contributed by atoms with E-state index in [0.29, 0.717) is 11.3 Å². The number of hydrogen-bond donors (Lipinski definition) is 0. The summed E-state index contributed by atoms with van der Waals surface area (Å²) in [6.45, 7) is 10.7. The summed E-state index contributed by atoms with van der Waals surface area (Å²) in [5, 5.41) is 0.831. The normalized spacial score (nSPS) is 22.9. The fraction of sp³-hybridized carbons (Fsp3) is 0.556. The molecule has 0 bridgehead atoms. The van der Waals surface area contributed by atoms with Crippen LogP contribution in [-0.4, -0.2) is 31.1 Å². The highest BCUT2D eigenvalue weighted by Crippen LogP contribution is 2.45. The molecule has 3 rings (SSSR count). The molecular formula is C27H38ClNO. The fourth-order valence-corrected chi connectivity index (χ4v) is 4.80. The van der Waals surface area contributed by atoms with E-state index in [1.165, 1.54) is 56.3 Å². The lowest BCUT2D eigenvalue weighted by Gasteiger charge is -2.47. The number of halogens is 1. The number of nitrogens with zero attached hydrogens (tertiary/aromatic N) is 1. The highest BCUT2D eigenvalue weighted by atomic mass is 35.5. The van der Waals surface area contributed by atoms with Crippen molar-refractivity contribution in [1.82, 2.24) is 4.90 Å². The molecular weight excluding hydrogens is 390 g/mol. The van der Waals surface area contributed by atoms with E-state index in [2.05, 4.69) is 62.1 Å². The molecule has 2 nitrogen and oxygen atoms in total. The first kappa shape index (κ1) is 23.2. The van der Waals surface area contributed by atoms with Crippen LogP contribution in [0.15, 0.2) is 59.9 Å². The van der Waals surface area contributed by atoms with Gasteiger partial charge in [-0.2, -0.15) is 0 Å². The molecule has 30 heavy (non-hydrogen) atoms. The average Bonchev–Trinajstić information content (AvgIpc) is 2.74. The van der Waals surface area contributed by atoms with Crippen molar-refractivity contribution in [2.24, 2.45) is 5.92 Å². The molecule has 0 N–H and O–H groups in total. The molecule has 1 saturated carbocycles. The van der Waals surface area contributed by atoms with E-state index in [1.807, 2.05) is 12.1 Å². The van der Waals surface area contributed by atoms with E-state index in [4.69, 9.17) is 16.3 Å². The molecule has 1 aliphatic carbocycles. The van der Waals surface area contributed by atoms with Crippen LogP contribution in [0.1, 0.15) is 64.9 Å². The van der Waals surface area contributed by atoms with Crippen LogP contribution >= 0.6 is 11.6 Å². The Kier molecular flexibility index (Phi) is 8.65. The van der Waals surface area contributed by atoms with Crippen molar-refractivity contribution >= 4 is 11.6 Å². The van der Waals surface area contributed by atoms with E-state index in [1.54, 1.807) is 0 Å². The molecule has 1 atom stereocenters. The number of likely N-dealkylation sites (tertiary alicyclic amines) is 1. The summed E-state index contributed by atoms with van der Waals surface area (Å²) in [6, 6.07) is 8.58. The molecule has 3 heteroatoms. The second-order valence-corrected chi connectivity index (χ2v) is 9.55. The van der Waals surface area contributed by atoms with Crippen molar-refractivity contribution < 1.29 is 4.74 Å². The van der Waals surface area contributed by atoms with Crippen LogP contribution < -0.4 is 0 Å². The zero-order valence-corrected chi connectivity index (χ0v) is 19.8. The van der Waals surface area contributed by atoms with Crippen LogP contribution in [0.3, 0.4) is 0 Å². The number of allylic oxidation sites excluding steroid dienone is 5. The van der Waals surface area contributed by atoms with Gasteiger partial charge in [-0.3, -0.25) is 0 Å². The van der Waals surface area contributed by atoms with E-state index in [-0.39, 0.29) is 0 Å². The van der Waals surface area contributed by atoms with Gasteiger partial charge in [-0.1, -0.05) is 54.8 Å². The van der Waals surface area contributed by atoms with Gasteiger partial charge < -0.3 is 9.64 Å². The highest BCUT2D eigenvalue weighted by molar-refractivity contribution is 6.30. The molecule has 164 valence electrons. The lowest BCUT2D eigenvalue weighted by Crippen LogP contribution is -2.49. The Morgan fingerprint density at radius 1 is 1.23 bits per heavy atom. The third-order valence-corrected chi connectivity index (χ3v) is 7.12. The van der Waals surface area contributed by atoms with Crippen LogP contribution in [0, 0.1) is 5.92 Å². The van der Waals surface area contributed by atoms with Gasteiger partial charge >= 0.3 is 0 Å². The molecule has 0 radical (unpaired) electrons. The number of hydrogen-bond acceptors (Lipinski definition) is 2. The van der Waals surface area contributed by atoms with Gasteiger partial charge in [0, 0.05) is 29.4 Å². The first-order chi connectivity index (χ1) is 14.5. The van der Waals surface area contributed by atoms with Crippen molar-refractivity contribution in [3.8, 4) is 0 Å². The lowest BCUT2D eigenvalue weighted by molar-refractivity contribution is 0.0681. The minimum Gasteiger partial charge on any atom is -0.494 e. The molecule has 0 spiro atoms. The number of rotatable bonds is 9. The first-order valence-electron chi connectivity index (χ1n) is 11.7. The van der Waals surface area contributed by atoms with E-state index >= 15 is 0 Å². The van der Waals surface area contributed by atoms with Crippen LogP contribution in [0.25, 0.3) is 0 Å². The van der Waals surface area contributed by atoms with E-state index in [0.717, 1.165) is 30.4 Å². The second-order valence-electron chi connectivity index (χ2n) is 9.11. The predicted molar refractivity (Wildman–Crippen MR) is 129 cm³/mol. The Morgan fingerprint density at radius 2 is 2.00 bits per heavy atom. The lowest BCUT2D eigenvalue weighted by atomic mass is 9.64. The summed E-state index contributed by atoms with van der Waals surface area (Å²) >= 11 is 6.12. The molecule has 1 heterocycles. The number of ether oxygens (including phenoxy) is 1. The largest absolute Gasteiger partial charge is 0.494 e. The molecule has 0 amide bonds. The fourth-order valence-electron chi connectivity index (χ4n) is 4.67. The number of piperidine rings is 1.